The van der Waals surface area contributed by atoms with Gasteiger partial charge < -0.3 is 20.4 Å². The number of carboxylic acid groups (broad SMARTS) is 1. The molecule has 37 heavy (non-hydrogen) atoms. The van der Waals surface area contributed by atoms with Gasteiger partial charge in [0.1, 0.15) is 5.75 Å². The second-order valence-corrected chi connectivity index (χ2v) is 10.2. The Morgan fingerprint density at radius 2 is 1.81 bits per heavy atom. The molecule has 0 unspecified atom stereocenters. The lowest BCUT2D eigenvalue weighted by molar-refractivity contribution is -0.141. The summed E-state index contributed by atoms with van der Waals surface area (Å²) >= 11 is 0. The minimum Gasteiger partial charge on any atom is -0.508 e. The SMILES string of the molecule is CCC1=C([C@H](O)CC/C(C)=C/c2ccc(O)cc2)[C@H](CO)[C@@H]2C(=O)N(CCCCCC(=O)O)C(=O)[C@@H]2C1. The van der Waals surface area contributed by atoms with Crippen LogP contribution in [-0.4, -0.2) is 62.4 Å². The van der Waals surface area contributed by atoms with E-state index < -0.39 is 29.8 Å². The summed E-state index contributed by atoms with van der Waals surface area (Å²) in [6.45, 7) is 3.88. The minimum absolute atomic E-state index is 0.0638. The van der Waals surface area contributed by atoms with Gasteiger partial charge in [-0.3, -0.25) is 19.3 Å². The number of hydrogen-bond donors (Lipinski definition) is 4. The molecule has 2 amide bonds. The number of imide groups is 1. The normalized spacial score (nSPS) is 23.0. The average molecular weight is 514 g/mol. The molecule has 2 aliphatic rings. The number of carbonyl (C=O) groups is 3. The number of allylic oxidation sites excluding steroid dienone is 2. The van der Waals surface area contributed by atoms with Crippen LogP contribution < -0.4 is 0 Å². The number of phenolic OH excluding ortho intramolecular Hbond substituents is 1. The summed E-state index contributed by atoms with van der Waals surface area (Å²) in [4.78, 5) is 38.5. The Labute approximate surface area is 218 Å². The molecule has 0 bridgehead atoms. The number of amides is 2. The first kappa shape index (κ1) is 28.6. The van der Waals surface area contributed by atoms with Crippen LogP contribution in [0.25, 0.3) is 6.08 Å². The lowest BCUT2D eigenvalue weighted by Crippen LogP contribution is -2.39. The molecule has 1 aliphatic heterocycles. The maximum atomic E-state index is 13.3. The van der Waals surface area contributed by atoms with E-state index in [1.54, 1.807) is 12.1 Å². The van der Waals surface area contributed by atoms with Gasteiger partial charge in [0.2, 0.25) is 11.8 Å². The highest BCUT2D eigenvalue weighted by Crippen LogP contribution is 2.47. The maximum absolute atomic E-state index is 13.3. The van der Waals surface area contributed by atoms with Gasteiger partial charge in [0.15, 0.2) is 0 Å². The highest BCUT2D eigenvalue weighted by atomic mass is 16.4. The molecule has 1 aromatic carbocycles. The molecule has 8 heteroatoms. The van der Waals surface area contributed by atoms with Crippen molar-refractivity contribution in [3.05, 3.63) is 46.5 Å². The van der Waals surface area contributed by atoms with Crippen molar-refractivity contribution in [2.75, 3.05) is 13.2 Å². The largest absolute Gasteiger partial charge is 0.508 e. The molecule has 202 valence electrons. The molecular formula is C29H39NO7. The molecule has 1 heterocycles. The number of aliphatic carboxylic acids is 1. The quantitative estimate of drug-likeness (QED) is 0.178. The summed E-state index contributed by atoms with van der Waals surface area (Å²) in [6, 6.07) is 6.87. The average Bonchev–Trinajstić information content (AvgIpc) is 3.11. The smallest absolute Gasteiger partial charge is 0.303 e. The van der Waals surface area contributed by atoms with Crippen LogP contribution in [0.4, 0.5) is 0 Å². The minimum atomic E-state index is -0.861. The van der Waals surface area contributed by atoms with Gasteiger partial charge in [-0.1, -0.05) is 42.7 Å². The molecule has 0 saturated carbocycles. The number of aliphatic hydroxyl groups is 2. The zero-order valence-electron chi connectivity index (χ0n) is 21.7. The summed E-state index contributed by atoms with van der Waals surface area (Å²) in [5, 5.41) is 39.8. The predicted octanol–water partition coefficient (Wildman–Crippen LogP) is 3.90. The Hall–Kier alpha value is -2.97. The molecule has 3 rings (SSSR count). The van der Waals surface area contributed by atoms with E-state index >= 15 is 0 Å². The third-order valence-electron chi connectivity index (χ3n) is 7.65. The van der Waals surface area contributed by atoms with Crippen LogP contribution in [0, 0.1) is 17.8 Å². The number of likely N-dealkylation sites (tertiary alicyclic amines) is 1. The number of benzene rings is 1. The molecule has 8 nitrogen and oxygen atoms in total. The van der Waals surface area contributed by atoms with E-state index in [1.807, 2.05) is 32.1 Å². The lowest BCUT2D eigenvalue weighted by atomic mass is 9.67. The van der Waals surface area contributed by atoms with E-state index in [4.69, 9.17) is 5.11 Å². The van der Waals surface area contributed by atoms with Crippen molar-refractivity contribution in [3.8, 4) is 5.75 Å². The van der Waals surface area contributed by atoms with Gasteiger partial charge in [-0.15, -0.1) is 0 Å². The van der Waals surface area contributed by atoms with Gasteiger partial charge in [-0.05, 0) is 68.7 Å². The molecule has 1 aromatic rings. The highest BCUT2D eigenvalue weighted by molar-refractivity contribution is 6.05. The molecular weight excluding hydrogens is 474 g/mol. The molecule has 1 aliphatic carbocycles. The topological polar surface area (TPSA) is 135 Å². The van der Waals surface area contributed by atoms with Crippen LogP contribution in [-0.2, 0) is 14.4 Å². The van der Waals surface area contributed by atoms with Gasteiger partial charge in [0, 0.05) is 18.9 Å². The Kier molecular flexibility index (Phi) is 10.1. The molecule has 0 aromatic heterocycles. The zero-order chi connectivity index (χ0) is 27.1. The number of unbranched alkanes of at least 4 members (excludes halogenated alkanes) is 2. The molecule has 4 atom stereocenters. The van der Waals surface area contributed by atoms with Crippen molar-refractivity contribution < 1.29 is 34.8 Å². The van der Waals surface area contributed by atoms with Crippen LogP contribution in [0.3, 0.4) is 0 Å². The van der Waals surface area contributed by atoms with Gasteiger partial charge in [-0.25, -0.2) is 0 Å². The number of rotatable bonds is 13. The van der Waals surface area contributed by atoms with Crippen LogP contribution in [0.2, 0.25) is 0 Å². The van der Waals surface area contributed by atoms with Crippen LogP contribution >= 0.6 is 0 Å². The van der Waals surface area contributed by atoms with Crippen LogP contribution in [0.1, 0.15) is 70.8 Å². The van der Waals surface area contributed by atoms with E-state index in [2.05, 4.69) is 0 Å². The van der Waals surface area contributed by atoms with Crippen molar-refractivity contribution in [1.82, 2.24) is 4.90 Å². The molecule has 4 N–H and O–H groups in total. The lowest BCUT2D eigenvalue weighted by Gasteiger charge is -2.36. The zero-order valence-corrected chi connectivity index (χ0v) is 21.7. The number of aliphatic hydroxyl groups excluding tert-OH is 2. The van der Waals surface area contributed by atoms with E-state index in [0.717, 1.165) is 16.7 Å². The predicted molar refractivity (Wildman–Crippen MR) is 139 cm³/mol. The number of carboxylic acids is 1. The number of aromatic hydroxyl groups is 1. The summed E-state index contributed by atoms with van der Waals surface area (Å²) in [5.74, 6) is -2.98. The third-order valence-corrected chi connectivity index (χ3v) is 7.65. The number of hydrogen-bond acceptors (Lipinski definition) is 6. The number of phenols is 1. The highest BCUT2D eigenvalue weighted by Gasteiger charge is 2.54. The van der Waals surface area contributed by atoms with Gasteiger partial charge >= 0.3 is 5.97 Å². The fourth-order valence-corrected chi connectivity index (χ4v) is 5.75. The first-order valence-electron chi connectivity index (χ1n) is 13.2. The van der Waals surface area contributed by atoms with Crippen molar-refractivity contribution >= 4 is 23.9 Å². The number of carbonyl (C=O) groups excluding carboxylic acids is 2. The second-order valence-electron chi connectivity index (χ2n) is 10.2. The fraction of sp³-hybridized carbons (Fsp3) is 0.552. The maximum Gasteiger partial charge on any atom is 0.303 e. The summed E-state index contributed by atoms with van der Waals surface area (Å²) in [7, 11) is 0. The molecule has 0 radical (unpaired) electrons. The Morgan fingerprint density at radius 1 is 1.11 bits per heavy atom. The number of nitrogens with zero attached hydrogens (tertiary/aromatic N) is 1. The van der Waals surface area contributed by atoms with E-state index in [0.29, 0.717) is 50.5 Å². The van der Waals surface area contributed by atoms with Crippen LogP contribution in [0.15, 0.2) is 41.0 Å². The standard InChI is InChI=1S/C29H39NO7/c1-3-20-16-22-27(29(37)30(28(22)36)14-6-4-5-7-25(34)35)23(17-31)26(20)24(33)13-8-18(2)15-19-9-11-21(32)12-10-19/h9-12,15,22-24,27,31-33H,3-8,13-14,16-17H2,1-2H3,(H,34,35)/b18-15+/t22-,23+,24-,27-/m1/s1. The van der Waals surface area contributed by atoms with E-state index in [-0.39, 0.29) is 37.1 Å². The molecule has 1 fully saturated rings. The summed E-state index contributed by atoms with van der Waals surface area (Å²) in [6.07, 6.45) is 4.97. The summed E-state index contributed by atoms with van der Waals surface area (Å²) < 4.78 is 0. The second kappa shape index (κ2) is 13.0. The number of fused-ring (bicyclic) bond motifs is 1. The summed E-state index contributed by atoms with van der Waals surface area (Å²) in [5.41, 5.74) is 3.65. The van der Waals surface area contributed by atoms with Crippen molar-refractivity contribution in [3.63, 3.8) is 0 Å². The van der Waals surface area contributed by atoms with Crippen LogP contribution in [0.5, 0.6) is 5.75 Å². The van der Waals surface area contributed by atoms with Crippen molar-refractivity contribution in [2.24, 2.45) is 17.8 Å². The Balaban J connectivity index is 1.70. The van der Waals surface area contributed by atoms with E-state index in [1.165, 1.54) is 4.90 Å². The van der Waals surface area contributed by atoms with Gasteiger partial charge in [0.05, 0.1) is 24.5 Å². The first-order valence-corrected chi connectivity index (χ1v) is 13.2. The third kappa shape index (κ3) is 6.87. The van der Waals surface area contributed by atoms with Gasteiger partial charge in [-0.2, -0.15) is 0 Å². The molecule has 1 saturated heterocycles. The Bertz CT molecular complexity index is 1040. The first-order chi connectivity index (χ1) is 17.7. The Morgan fingerprint density at radius 3 is 2.43 bits per heavy atom. The fourth-order valence-electron chi connectivity index (χ4n) is 5.75. The van der Waals surface area contributed by atoms with Gasteiger partial charge in [0.25, 0.3) is 0 Å². The monoisotopic (exact) mass is 513 g/mol. The van der Waals surface area contributed by atoms with Crippen molar-refractivity contribution in [1.29, 1.82) is 0 Å². The van der Waals surface area contributed by atoms with Crippen molar-refractivity contribution in [2.45, 2.75) is 71.3 Å². The van der Waals surface area contributed by atoms with E-state index in [9.17, 15) is 29.7 Å². The molecule has 0 spiro atoms.